The summed E-state index contributed by atoms with van der Waals surface area (Å²) in [5, 5.41) is 1.58. The minimum atomic E-state index is -0.664. The fraction of sp³-hybridized carbons (Fsp3) is 0.0625. The third-order valence-corrected chi connectivity index (χ3v) is 11.4. The largest absolute Gasteiger partial charge is 0.207 e. The van der Waals surface area contributed by atoms with Crippen molar-refractivity contribution >= 4 is 65.5 Å². The van der Waals surface area contributed by atoms with E-state index in [0.29, 0.717) is 22.3 Å². The molecule has 0 amide bonds. The fourth-order valence-electron chi connectivity index (χ4n) is 5.12. The van der Waals surface area contributed by atoms with Crippen LogP contribution in [0, 0.1) is 37.1 Å². The zero-order valence-corrected chi connectivity index (χ0v) is 24.3. The Bertz CT molecular complexity index is 1850. The van der Waals surface area contributed by atoms with Crippen molar-refractivity contribution in [2.24, 2.45) is 0 Å². The van der Waals surface area contributed by atoms with Gasteiger partial charge in [0.2, 0.25) is 0 Å². The average Bonchev–Trinajstić information content (AvgIpc) is 3.67. The van der Waals surface area contributed by atoms with Crippen molar-refractivity contribution in [1.29, 1.82) is 0 Å². The molecule has 0 unspecified atom stereocenters. The van der Waals surface area contributed by atoms with E-state index >= 15 is 0 Å². The van der Waals surface area contributed by atoms with Gasteiger partial charge in [0.1, 0.15) is 23.3 Å². The lowest BCUT2D eigenvalue weighted by molar-refractivity contribution is 0.583. The summed E-state index contributed by atoms with van der Waals surface area (Å²) in [4.78, 5) is 6.40. The summed E-state index contributed by atoms with van der Waals surface area (Å²) in [5.74, 6) is -2.66. The van der Waals surface area contributed by atoms with Crippen LogP contribution in [0.4, 0.5) is 17.6 Å². The Balaban J connectivity index is 1.66. The average molecular weight is 607 g/mol. The summed E-state index contributed by atoms with van der Waals surface area (Å²) >= 11 is 6.35. The van der Waals surface area contributed by atoms with E-state index in [-0.39, 0.29) is 0 Å². The van der Waals surface area contributed by atoms with Gasteiger partial charge in [0.05, 0.1) is 0 Å². The van der Waals surface area contributed by atoms with Gasteiger partial charge < -0.3 is 0 Å². The van der Waals surface area contributed by atoms with Gasteiger partial charge in [-0.25, -0.2) is 17.6 Å². The highest BCUT2D eigenvalue weighted by molar-refractivity contribution is 7.28. The van der Waals surface area contributed by atoms with Gasteiger partial charge in [-0.1, -0.05) is 0 Å². The summed E-state index contributed by atoms with van der Waals surface area (Å²) in [7, 11) is 0. The lowest BCUT2D eigenvalue weighted by atomic mass is 9.93. The van der Waals surface area contributed by atoms with Gasteiger partial charge in [0.25, 0.3) is 0 Å². The molecule has 4 aromatic heterocycles. The number of benzene rings is 3. The molecule has 0 aliphatic carbocycles. The molecule has 8 heteroatoms. The Morgan fingerprint density at radius 1 is 0.425 bits per heavy atom. The molecule has 0 fully saturated rings. The van der Waals surface area contributed by atoms with Crippen LogP contribution in [0.2, 0.25) is 0 Å². The molecule has 3 aromatic carbocycles. The summed E-state index contributed by atoms with van der Waals surface area (Å²) in [6.45, 7) is 4.07. The zero-order chi connectivity index (χ0) is 27.7. The van der Waals surface area contributed by atoms with Crippen LogP contribution in [0.15, 0.2) is 72.8 Å². The molecule has 0 aliphatic heterocycles. The molecule has 198 valence electrons. The molecular formula is C32H18F4S4. The van der Waals surface area contributed by atoms with E-state index in [4.69, 9.17) is 0 Å². The van der Waals surface area contributed by atoms with Gasteiger partial charge in [0, 0.05) is 72.7 Å². The first-order chi connectivity index (χ1) is 19.2. The third-order valence-electron chi connectivity index (χ3n) is 6.73. The van der Waals surface area contributed by atoms with Crippen LogP contribution in [-0.4, -0.2) is 0 Å². The Hall–Kier alpha value is -3.30. The third kappa shape index (κ3) is 4.39. The van der Waals surface area contributed by atoms with Crippen molar-refractivity contribution in [1.82, 2.24) is 0 Å². The number of aryl methyl sites for hydroxylation is 2. The standard InChI is InChI=1S/C32H18F4S4/c1-15-3-5-25(37-15)27-13-23-29(17-7-19(33)11-20(34)8-17)32-24(14-28(40-32)26-6-4-16(2)38-26)30(31(23)39-27)18-9-21(35)12-22(36)10-18/h3-14H,1-2H3. The lowest BCUT2D eigenvalue weighted by Crippen LogP contribution is -1.89. The highest BCUT2D eigenvalue weighted by Crippen LogP contribution is 2.53. The van der Waals surface area contributed by atoms with Crippen LogP contribution in [0.1, 0.15) is 9.75 Å². The van der Waals surface area contributed by atoms with E-state index in [9.17, 15) is 17.6 Å². The fourth-order valence-corrected chi connectivity index (χ4v) is 9.51. The van der Waals surface area contributed by atoms with Crippen LogP contribution in [0.3, 0.4) is 0 Å². The first-order valence-electron chi connectivity index (χ1n) is 12.3. The van der Waals surface area contributed by atoms with Crippen molar-refractivity contribution in [2.75, 3.05) is 0 Å². The molecule has 0 N–H and O–H groups in total. The van der Waals surface area contributed by atoms with Gasteiger partial charge in [-0.2, -0.15) is 0 Å². The minimum absolute atomic E-state index is 0.423. The van der Waals surface area contributed by atoms with Crippen LogP contribution in [0.25, 0.3) is 61.9 Å². The van der Waals surface area contributed by atoms with E-state index in [2.05, 4.69) is 0 Å². The molecule has 7 aromatic rings. The number of rotatable bonds is 4. The van der Waals surface area contributed by atoms with Crippen LogP contribution < -0.4 is 0 Å². The molecular weight excluding hydrogens is 589 g/mol. The SMILES string of the molecule is Cc1ccc(-c2cc3c(-c4cc(F)cc(F)c4)c4sc(-c5ccc(C)s5)cc4c(-c4cc(F)cc(F)c4)c3s2)s1. The van der Waals surface area contributed by atoms with Crippen LogP contribution in [0.5, 0.6) is 0 Å². The quantitative estimate of drug-likeness (QED) is 0.175. The summed E-state index contributed by atoms with van der Waals surface area (Å²) in [5.41, 5.74) is 2.27. The van der Waals surface area contributed by atoms with Crippen molar-refractivity contribution < 1.29 is 17.6 Å². The Morgan fingerprint density at radius 2 is 0.800 bits per heavy atom. The van der Waals surface area contributed by atoms with E-state index in [1.165, 1.54) is 46.9 Å². The number of hydrogen-bond acceptors (Lipinski definition) is 4. The van der Waals surface area contributed by atoms with E-state index < -0.39 is 23.3 Å². The molecule has 0 nitrogen and oxygen atoms in total. The molecule has 0 saturated heterocycles. The second kappa shape index (κ2) is 9.66. The maximum absolute atomic E-state index is 14.6. The highest BCUT2D eigenvalue weighted by Gasteiger charge is 2.24. The van der Waals surface area contributed by atoms with Crippen molar-refractivity contribution in [3.8, 4) is 41.8 Å². The van der Waals surface area contributed by atoms with Gasteiger partial charge in [-0.05, 0) is 85.6 Å². The molecule has 7 rings (SSSR count). The zero-order valence-electron chi connectivity index (χ0n) is 21.1. The first kappa shape index (κ1) is 25.7. The number of hydrogen-bond donors (Lipinski definition) is 0. The Morgan fingerprint density at radius 3 is 1.12 bits per heavy atom. The predicted molar refractivity (Wildman–Crippen MR) is 164 cm³/mol. The Labute approximate surface area is 243 Å². The molecule has 0 spiro atoms. The minimum Gasteiger partial charge on any atom is -0.207 e. The van der Waals surface area contributed by atoms with Crippen molar-refractivity contribution in [3.05, 3.63) is 106 Å². The smallest absolute Gasteiger partial charge is 0.126 e. The molecule has 0 radical (unpaired) electrons. The molecule has 40 heavy (non-hydrogen) atoms. The molecule has 0 aliphatic rings. The molecule has 4 heterocycles. The molecule has 0 saturated carbocycles. The van der Waals surface area contributed by atoms with E-state index in [1.807, 2.05) is 50.2 Å². The maximum atomic E-state index is 14.6. The Kier molecular flexibility index (Phi) is 6.20. The number of fused-ring (bicyclic) bond motifs is 2. The van der Waals surface area contributed by atoms with Gasteiger partial charge >= 0.3 is 0 Å². The van der Waals surface area contributed by atoms with Gasteiger partial charge in [-0.15, -0.1) is 45.3 Å². The number of halogens is 4. The van der Waals surface area contributed by atoms with Crippen LogP contribution >= 0.6 is 45.3 Å². The maximum Gasteiger partial charge on any atom is 0.126 e. The monoisotopic (exact) mass is 606 g/mol. The second-order valence-electron chi connectivity index (χ2n) is 9.59. The normalized spacial score (nSPS) is 11.8. The van der Waals surface area contributed by atoms with Crippen molar-refractivity contribution in [3.63, 3.8) is 0 Å². The molecule has 0 bridgehead atoms. The van der Waals surface area contributed by atoms with Gasteiger partial charge in [0.15, 0.2) is 0 Å². The van der Waals surface area contributed by atoms with Gasteiger partial charge in [-0.3, -0.25) is 0 Å². The van der Waals surface area contributed by atoms with Crippen LogP contribution in [-0.2, 0) is 0 Å². The summed E-state index contributed by atoms with van der Waals surface area (Å²) in [6.07, 6.45) is 0. The number of thiophene rings is 4. The summed E-state index contributed by atoms with van der Waals surface area (Å²) < 4.78 is 59.9. The predicted octanol–water partition coefficient (Wildman–Crippen LogP) is 12.1. The first-order valence-corrected chi connectivity index (χ1v) is 15.6. The topological polar surface area (TPSA) is 0 Å². The summed E-state index contributed by atoms with van der Waals surface area (Å²) in [6, 6.07) is 19.4. The van der Waals surface area contributed by atoms with Crippen molar-refractivity contribution in [2.45, 2.75) is 13.8 Å². The van der Waals surface area contributed by atoms with E-state index in [1.54, 1.807) is 22.7 Å². The lowest BCUT2D eigenvalue weighted by Gasteiger charge is -2.13. The second-order valence-corrected chi connectivity index (χ2v) is 14.3. The molecule has 0 atom stereocenters. The highest BCUT2D eigenvalue weighted by atomic mass is 32.1. The van der Waals surface area contributed by atoms with E-state index in [0.717, 1.165) is 61.6 Å².